The summed E-state index contributed by atoms with van der Waals surface area (Å²) in [5.41, 5.74) is -0.265. The van der Waals surface area contributed by atoms with Crippen molar-refractivity contribution in [1.29, 1.82) is 0 Å². The predicted octanol–water partition coefficient (Wildman–Crippen LogP) is 2.68. The van der Waals surface area contributed by atoms with E-state index in [9.17, 15) is 9.90 Å². The van der Waals surface area contributed by atoms with Gasteiger partial charge in [0.2, 0.25) is 0 Å². The molecule has 1 aliphatic heterocycles. The second kappa shape index (κ2) is 10.3. The van der Waals surface area contributed by atoms with E-state index in [1.54, 1.807) is 26.0 Å². The fourth-order valence-electron chi connectivity index (χ4n) is 2.37. The highest BCUT2D eigenvalue weighted by Crippen LogP contribution is 2.26. The number of aromatic nitrogens is 1. The number of hydrogen-bond donors (Lipinski definition) is 2. The molecular weight excluding hydrogens is 394 g/mol. The lowest BCUT2D eigenvalue weighted by atomic mass is 10.2. The average molecular weight is 416 g/mol. The van der Waals surface area contributed by atoms with E-state index in [4.69, 9.17) is 38.0 Å². The summed E-state index contributed by atoms with van der Waals surface area (Å²) in [5, 5.41) is 13.3. The Kier molecular flexibility index (Phi) is 8.08. The van der Waals surface area contributed by atoms with Gasteiger partial charge in [-0.25, -0.2) is 9.78 Å². The number of ether oxygens (including phenoxy) is 3. The van der Waals surface area contributed by atoms with Gasteiger partial charge in [-0.05, 0) is 26.0 Å². The van der Waals surface area contributed by atoms with Crippen LogP contribution in [0, 0.1) is 0 Å². The first kappa shape index (κ1) is 21.2. The van der Waals surface area contributed by atoms with Crippen molar-refractivity contribution in [2.24, 2.45) is 0 Å². The van der Waals surface area contributed by atoms with Crippen LogP contribution in [0.25, 0.3) is 0 Å². The summed E-state index contributed by atoms with van der Waals surface area (Å²) in [6.45, 7) is 6.13. The number of esters is 1. The number of carbonyl (C=O) groups is 1. The highest BCUT2D eigenvalue weighted by atomic mass is 35.5. The van der Waals surface area contributed by atoms with Crippen LogP contribution >= 0.6 is 23.8 Å². The van der Waals surface area contributed by atoms with Crippen LogP contribution in [-0.2, 0) is 19.0 Å². The summed E-state index contributed by atoms with van der Waals surface area (Å²) in [5.74, 6) is -0.431. The van der Waals surface area contributed by atoms with E-state index in [0.717, 1.165) is 0 Å². The highest BCUT2D eigenvalue weighted by Gasteiger charge is 2.24. The van der Waals surface area contributed by atoms with Crippen molar-refractivity contribution >= 4 is 46.4 Å². The molecule has 0 atom stereocenters. The lowest BCUT2D eigenvalue weighted by Crippen LogP contribution is -2.37. The zero-order valence-corrected chi connectivity index (χ0v) is 16.7. The van der Waals surface area contributed by atoms with Gasteiger partial charge in [-0.15, -0.1) is 0 Å². The molecule has 2 N–H and O–H groups in total. The van der Waals surface area contributed by atoms with Gasteiger partial charge in [-0.1, -0.05) is 23.8 Å². The maximum absolute atomic E-state index is 12.1. The van der Waals surface area contributed by atoms with Crippen LogP contribution in [0.5, 0.6) is 0 Å². The Hall–Kier alpha value is -2.10. The van der Waals surface area contributed by atoms with Gasteiger partial charge in [-0.2, -0.15) is 0 Å². The number of aliphatic hydroxyl groups excluding tert-OH is 1. The van der Waals surface area contributed by atoms with Crippen LogP contribution in [0.15, 0.2) is 23.7 Å². The normalized spacial score (nSPS) is 15.0. The first-order chi connectivity index (χ1) is 13.0. The first-order valence-corrected chi connectivity index (χ1v) is 9.30. The van der Waals surface area contributed by atoms with Gasteiger partial charge in [0, 0.05) is 13.1 Å². The maximum atomic E-state index is 12.1. The molecule has 0 aliphatic carbocycles. The topological polar surface area (TPSA) is 93.2 Å². The number of anilines is 2. The molecule has 2 rings (SSSR count). The molecule has 1 saturated heterocycles. The minimum Gasteiger partial charge on any atom is -0.480 e. The smallest absolute Gasteiger partial charge is 0.348 e. The van der Waals surface area contributed by atoms with E-state index in [1.165, 1.54) is 0 Å². The van der Waals surface area contributed by atoms with Gasteiger partial charge >= 0.3 is 5.97 Å². The monoisotopic (exact) mass is 415 g/mol. The molecule has 2 heterocycles. The molecule has 0 bridgehead atoms. The molecule has 0 unspecified atom stereocenters. The number of rotatable bonds is 7. The number of pyridine rings is 1. The van der Waals surface area contributed by atoms with E-state index < -0.39 is 11.9 Å². The van der Waals surface area contributed by atoms with E-state index in [0.29, 0.717) is 43.0 Å². The van der Waals surface area contributed by atoms with Crippen LogP contribution < -0.4 is 10.2 Å². The van der Waals surface area contributed by atoms with Gasteiger partial charge in [0.05, 0.1) is 31.5 Å². The molecular formula is C17H22ClN3O5S. The van der Waals surface area contributed by atoms with Crippen LogP contribution in [-0.4, -0.2) is 60.6 Å². The van der Waals surface area contributed by atoms with E-state index >= 15 is 0 Å². The largest absolute Gasteiger partial charge is 0.480 e. The van der Waals surface area contributed by atoms with Crippen molar-refractivity contribution in [2.75, 3.05) is 49.7 Å². The fourth-order valence-corrected chi connectivity index (χ4v) is 2.87. The fraction of sp³-hybridized carbons (Fsp3) is 0.471. The summed E-state index contributed by atoms with van der Waals surface area (Å²) < 4.78 is 15.3. The minimum absolute atomic E-state index is 0.0675. The van der Waals surface area contributed by atoms with Gasteiger partial charge in [0.15, 0.2) is 5.57 Å². The summed E-state index contributed by atoms with van der Waals surface area (Å²) in [6.07, 6.45) is 0. The lowest BCUT2D eigenvalue weighted by Gasteiger charge is -2.28. The van der Waals surface area contributed by atoms with Gasteiger partial charge < -0.3 is 29.5 Å². The molecule has 1 fully saturated rings. The molecule has 0 radical (unpaired) electrons. The number of hydrogen-bond acceptors (Lipinski definition) is 8. The van der Waals surface area contributed by atoms with Crippen LogP contribution in [0.1, 0.15) is 13.8 Å². The Bertz CT molecular complexity index is 723. The third-order valence-electron chi connectivity index (χ3n) is 3.58. The summed E-state index contributed by atoms with van der Waals surface area (Å²) >= 11 is 11.5. The zero-order chi connectivity index (χ0) is 19.8. The van der Waals surface area contributed by atoms with E-state index in [-0.39, 0.29) is 23.8 Å². The molecule has 10 heteroatoms. The van der Waals surface area contributed by atoms with Gasteiger partial charge in [-0.3, -0.25) is 0 Å². The van der Waals surface area contributed by atoms with Gasteiger partial charge in [0.25, 0.3) is 5.95 Å². The van der Waals surface area contributed by atoms with E-state index in [1.807, 2.05) is 4.90 Å². The number of nitrogens with zero attached hydrogens (tertiary/aromatic N) is 2. The van der Waals surface area contributed by atoms with Crippen LogP contribution in [0.3, 0.4) is 0 Å². The minimum atomic E-state index is -0.789. The second-order valence-electron chi connectivity index (χ2n) is 5.39. The number of aliphatic hydroxyl groups is 1. The standard InChI is InChI=1S/C17H22ClN3O5S/c1-3-25-16(22)13(17(23)26-4-2)15(27)20-12-6-5-11(18)14(19-12)21-7-9-24-10-8-21/h5-6,22H,3-4,7-10H2,1-2H3,(H,19,20,27). The molecule has 0 saturated carbocycles. The Morgan fingerprint density at radius 2 is 2.00 bits per heavy atom. The summed E-state index contributed by atoms with van der Waals surface area (Å²) in [7, 11) is 0. The van der Waals surface area contributed by atoms with Crippen molar-refractivity contribution in [3.63, 3.8) is 0 Å². The maximum Gasteiger partial charge on any atom is 0.348 e. The zero-order valence-electron chi connectivity index (χ0n) is 15.2. The number of nitrogens with one attached hydrogen (secondary N) is 1. The third-order valence-corrected chi connectivity index (χ3v) is 4.18. The molecule has 1 aliphatic rings. The highest BCUT2D eigenvalue weighted by molar-refractivity contribution is 7.81. The summed E-state index contributed by atoms with van der Waals surface area (Å²) in [6, 6.07) is 3.31. The Balaban J connectivity index is 2.24. The van der Waals surface area contributed by atoms with Gasteiger partial charge in [0.1, 0.15) is 16.6 Å². The average Bonchev–Trinajstić information content (AvgIpc) is 2.64. The van der Waals surface area contributed by atoms with E-state index in [2.05, 4.69) is 10.3 Å². The van der Waals surface area contributed by atoms with Crippen molar-refractivity contribution in [3.05, 3.63) is 28.7 Å². The van der Waals surface area contributed by atoms with Crippen molar-refractivity contribution in [2.45, 2.75) is 13.8 Å². The van der Waals surface area contributed by atoms with Crippen LogP contribution in [0.2, 0.25) is 5.02 Å². The third kappa shape index (κ3) is 5.69. The first-order valence-electron chi connectivity index (χ1n) is 8.51. The SMILES string of the molecule is CCOC(=O)C(C(=S)Nc1ccc(Cl)c(N2CCOCC2)n1)=C(O)OCC. The Morgan fingerprint density at radius 1 is 1.33 bits per heavy atom. The molecule has 1 aromatic heterocycles. The molecule has 8 nitrogen and oxygen atoms in total. The number of carbonyl (C=O) groups excluding carboxylic acids is 1. The summed E-state index contributed by atoms with van der Waals surface area (Å²) in [4.78, 5) is 18.6. The molecule has 148 valence electrons. The molecule has 0 amide bonds. The predicted molar refractivity (Wildman–Crippen MR) is 106 cm³/mol. The molecule has 27 heavy (non-hydrogen) atoms. The molecule has 1 aromatic rings. The number of morpholine rings is 1. The quantitative estimate of drug-likeness (QED) is 0.301. The lowest BCUT2D eigenvalue weighted by molar-refractivity contribution is -0.138. The molecule has 0 spiro atoms. The second-order valence-corrected chi connectivity index (χ2v) is 6.20. The van der Waals surface area contributed by atoms with Crippen molar-refractivity contribution in [1.82, 2.24) is 4.98 Å². The molecule has 0 aromatic carbocycles. The number of thiocarbonyl (C=S) groups is 1. The Labute approximate surface area is 168 Å². The van der Waals surface area contributed by atoms with Crippen molar-refractivity contribution < 1.29 is 24.1 Å². The van der Waals surface area contributed by atoms with Crippen LogP contribution in [0.4, 0.5) is 11.6 Å². The number of halogens is 1. The van der Waals surface area contributed by atoms with Crippen molar-refractivity contribution in [3.8, 4) is 0 Å². The Morgan fingerprint density at radius 3 is 2.63 bits per heavy atom.